The summed E-state index contributed by atoms with van der Waals surface area (Å²) in [6.07, 6.45) is 3.29. The fourth-order valence-electron chi connectivity index (χ4n) is 3.52. The molecule has 0 aliphatic carbocycles. The number of carbonyl (C=O) groups is 2. The van der Waals surface area contributed by atoms with Crippen LogP contribution in [0.5, 0.6) is 0 Å². The van der Waals surface area contributed by atoms with Crippen molar-refractivity contribution in [2.75, 3.05) is 13.1 Å². The summed E-state index contributed by atoms with van der Waals surface area (Å²) in [5.41, 5.74) is -0.0291. The maximum absolute atomic E-state index is 12.8. The first-order chi connectivity index (χ1) is 9.33. The average molecular weight is 282 g/mol. The molecule has 114 valence electrons. The normalized spacial score (nSPS) is 33.8. The van der Waals surface area contributed by atoms with Gasteiger partial charge in [-0.15, -0.1) is 0 Å². The molecule has 2 aliphatic rings. The van der Waals surface area contributed by atoms with E-state index < -0.39 is 5.97 Å². The van der Waals surface area contributed by atoms with Gasteiger partial charge < -0.3 is 15.3 Å². The van der Waals surface area contributed by atoms with Gasteiger partial charge in [0.15, 0.2) is 0 Å². The lowest BCUT2D eigenvalue weighted by molar-refractivity contribution is -0.149. The molecule has 2 aliphatic heterocycles. The number of aliphatic carboxylic acids is 1. The number of hydrogen-bond acceptors (Lipinski definition) is 3. The van der Waals surface area contributed by atoms with Gasteiger partial charge in [0.2, 0.25) is 5.91 Å². The van der Waals surface area contributed by atoms with Gasteiger partial charge in [0.1, 0.15) is 0 Å². The monoisotopic (exact) mass is 282 g/mol. The molecule has 0 aromatic rings. The molecule has 5 heteroatoms. The number of likely N-dealkylation sites (tertiary alicyclic amines) is 1. The molecule has 0 saturated carbocycles. The van der Waals surface area contributed by atoms with E-state index in [1.165, 1.54) is 0 Å². The van der Waals surface area contributed by atoms with Crippen molar-refractivity contribution in [1.82, 2.24) is 10.2 Å². The first-order valence-corrected chi connectivity index (χ1v) is 7.59. The van der Waals surface area contributed by atoms with Crippen molar-refractivity contribution in [2.24, 2.45) is 11.3 Å². The molecule has 2 saturated heterocycles. The zero-order chi connectivity index (χ0) is 14.9. The molecule has 2 rings (SSSR count). The van der Waals surface area contributed by atoms with E-state index >= 15 is 0 Å². The highest BCUT2D eigenvalue weighted by molar-refractivity contribution is 5.83. The Balaban J connectivity index is 2.04. The van der Waals surface area contributed by atoms with E-state index in [0.717, 1.165) is 19.4 Å². The lowest BCUT2D eigenvalue weighted by Crippen LogP contribution is -2.59. The molecular formula is C15H26N2O3. The fourth-order valence-corrected chi connectivity index (χ4v) is 3.52. The summed E-state index contributed by atoms with van der Waals surface area (Å²) in [7, 11) is 0. The van der Waals surface area contributed by atoms with E-state index in [1.54, 1.807) is 0 Å². The number of carboxylic acid groups (broad SMARTS) is 1. The molecule has 3 unspecified atom stereocenters. The summed E-state index contributed by atoms with van der Waals surface area (Å²) < 4.78 is 0. The number of carbonyl (C=O) groups excluding carboxylic acids is 1. The minimum absolute atomic E-state index is 0.0110. The minimum atomic E-state index is -0.736. The summed E-state index contributed by atoms with van der Waals surface area (Å²) in [5.74, 6) is -0.896. The molecule has 2 heterocycles. The van der Waals surface area contributed by atoms with Crippen molar-refractivity contribution in [2.45, 2.75) is 58.5 Å². The number of carboxylic acids is 1. The Morgan fingerprint density at radius 1 is 1.35 bits per heavy atom. The van der Waals surface area contributed by atoms with Crippen LogP contribution in [0.25, 0.3) is 0 Å². The smallest absolute Gasteiger partial charge is 0.306 e. The Morgan fingerprint density at radius 3 is 2.60 bits per heavy atom. The van der Waals surface area contributed by atoms with Crippen LogP contribution in [0.2, 0.25) is 0 Å². The van der Waals surface area contributed by atoms with Crippen LogP contribution in [-0.4, -0.2) is 47.1 Å². The van der Waals surface area contributed by atoms with Crippen LogP contribution < -0.4 is 5.32 Å². The summed E-state index contributed by atoms with van der Waals surface area (Å²) in [4.78, 5) is 25.7. The van der Waals surface area contributed by atoms with E-state index in [4.69, 9.17) is 5.11 Å². The van der Waals surface area contributed by atoms with E-state index in [9.17, 15) is 9.59 Å². The molecule has 0 aromatic carbocycles. The molecular weight excluding hydrogens is 256 g/mol. The van der Waals surface area contributed by atoms with Gasteiger partial charge in [-0.3, -0.25) is 9.59 Å². The largest absolute Gasteiger partial charge is 0.481 e. The van der Waals surface area contributed by atoms with Crippen LogP contribution >= 0.6 is 0 Å². The van der Waals surface area contributed by atoms with Crippen molar-refractivity contribution in [3.63, 3.8) is 0 Å². The molecule has 20 heavy (non-hydrogen) atoms. The van der Waals surface area contributed by atoms with Gasteiger partial charge >= 0.3 is 5.97 Å². The number of piperidine rings is 2. The molecule has 0 radical (unpaired) electrons. The second kappa shape index (κ2) is 5.72. The van der Waals surface area contributed by atoms with Gasteiger partial charge in [0.05, 0.1) is 12.0 Å². The predicted octanol–water partition coefficient (Wildman–Crippen LogP) is 1.48. The van der Waals surface area contributed by atoms with Crippen LogP contribution in [0.1, 0.15) is 46.5 Å². The first-order valence-electron chi connectivity index (χ1n) is 7.59. The van der Waals surface area contributed by atoms with E-state index in [2.05, 4.69) is 19.2 Å². The Kier molecular flexibility index (Phi) is 4.37. The molecule has 0 spiro atoms. The van der Waals surface area contributed by atoms with Gasteiger partial charge in [-0.2, -0.15) is 0 Å². The standard InChI is InChI=1S/C15H26N2O3/c1-10-9-11(14(19)20)5-8-17(10)13(18)12-15(2,3)6-4-7-16-12/h10-12,16H,4-9H2,1-3H3,(H,19,20). The second-order valence-electron chi connectivity index (χ2n) is 6.92. The van der Waals surface area contributed by atoms with Gasteiger partial charge in [0.25, 0.3) is 0 Å². The van der Waals surface area contributed by atoms with Gasteiger partial charge in [-0.1, -0.05) is 13.8 Å². The van der Waals surface area contributed by atoms with Crippen LogP contribution in [0.3, 0.4) is 0 Å². The van der Waals surface area contributed by atoms with Crippen LogP contribution in [0.15, 0.2) is 0 Å². The van der Waals surface area contributed by atoms with Crippen LogP contribution in [-0.2, 0) is 9.59 Å². The van der Waals surface area contributed by atoms with Gasteiger partial charge in [-0.05, 0) is 44.6 Å². The first kappa shape index (κ1) is 15.3. The molecule has 3 atom stereocenters. The second-order valence-corrected chi connectivity index (χ2v) is 6.92. The van der Waals surface area contributed by atoms with Crippen molar-refractivity contribution in [3.05, 3.63) is 0 Å². The number of rotatable bonds is 2. The van der Waals surface area contributed by atoms with Crippen molar-refractivity contribution in [3.8, 4) is 0 Å². The number of amides is 1. The number of nitrogens with one attached hydrogen (secondary N) is 1. The third-order valence-electron chi connectivity index (χ3n) is 4.88. The molecule has 2 fully saturated rings. The molecule has 0 bridgehead atoms. The van der Waals surface area contributed by atoms with Crippen molar-refractivity contribution >= 4 is 11.9 Å². The maximum Gasteiger partial charge on any atom is 0.306 e. The van der Waals surface area contributed by atoms with Gasteiger partial charge in [0, 0.05) is 12.6 Å². The molecule has 1 amide bonds. The molecule has 2 N–H and O–H groups in total. The highest BCUT2D eigenvalue weighted by Crippen LogP contribution is 2.33. The zero-order valence-electron chi connectivity index (χ0n) is 12.7. The van der Waals surface area contributed by atoms with E-state index in [1.807, 2.05) is 11.8 Å². The third-order valence-corrected chi connectivity index (χ3v) is 4.88. The SMILES string of the molecule is CC1CC(C(=O)O)CCN1C(=O)C1NCCCC1(C)C. The minimum Gasteiger partial charge on any atom is -0.481 e. The summed E-state index contributed by atoms with van der Waals surface area (Å²) >= 11 is 0. The summed E-state index contributed by atoms with van der Waals surface area (Å²) in [5, 5.41) is 12.5. The Morgan fingerprint density at radius 2 is 2.05 bits per heavy atom. The predicted molar refractivity (Wildman–Crippen MR) is 76.3 cm³/mol. The lowest BCUT2D eigenvalue weighted by Gasteiger charge is -2.44. The Bertz CT molecular complexity index is 395. The topological polar surface area (TPSA) is 69.6 Å². The lowest BCUT2D eigenvalue weighted by atomic mass is 9.76. The zero-order valence-corrected chi connectivity index (χ0v) is 12.7. The average Bonchev–Trinajstić information content (AvgIpc) is 2.37. The van der Waals surface area contributed by atoms with Crippen LogP contribution in [0, 0.1) is 11.3 Å². The highest BCUT2D eigenvalue weighted by Gasteiger charge is 2.42. The third kappa shape index (κ3) is 2.97. The Labute approximate surface area is 120 Å². The van der Waals surface area contributed by atoms with E-state index in [-0.39, 0.29) is 29.3 Å². The Hall–Kier alpha value is -1.10. The quantitative estimate of drug-likeness (QED) is 0.805. The highest BCUT2D eigenvalue weighted by atomic mass is 16.4. The summed E-state index contributed by atoms with van der Waals surface area (Å²) in [6, 6.07) is -0.128. The van der Waals surface area contributed by atoms with Gasteiger partial charge in [-0.25, -0.2) is 0 Å². The van der Waals surface area contributed by atoms with Crippen LogP contribution in [0.4, 0.5) is 0 Å². The molecule has 0 aromatic heterocycles. The number of hydrogen-bond donors (Lipinski definition) is 2. The summed E-state index contributed by atoms with van der Waals surface area (Å²) in [6.45, 7) is 7.68. The fraction of sp³-hybridized carbons (Fsp3) is 0.867. The number of nitrogens with zero attached hydrogens (tertiary/aromatic N) is 1. The maximum atomic E-state index is 12.8. The molecule has 5 nitrogen and oxygen atoms in total. The van der Waals surface area contributed by atoms with Crippen molar-refractivity contribution < 1.29 is 14.7 Å². The van der Waals surface area contributed by atoms with Crippen molar-refractivity contribution in [1.29, 1.82) is 0 Å². The van der Waals surface area contributed by atoms with E-state index in [0.29, 0.717) is 19.4 Å².